The van der Waals surface area contributed by atoms with Gasteiger partial charge in [-0.25, -0.2) is 0 Å². The Kier molecular flexibility index (Phi) is 25.9. The quantitative estimate of drug-likeness (QED) is 0.577. The van der Waals surface area contributed by atoms with Crippen molar-refractivity contribution < 1.29 is 49.8 Å². The number of aliphatic carboxylic acids is 1. The van der Waals surface area contributed by atoms with Gasteiger partial charge in [0.05, 0.1) is 0 Å². The maximum absolute atomic E-state index is 9.00. The van der Waals surface area contributed by atoms with Gasteiger partial charge >= 0.3 is 29.6 Å². The van der Waals surface area contributed by atoms with Crippen molar-refractivity contribution in [2.75, 3.05) is 0 Å². The van der Waals surface area contributed by atoms with E-state index in [4.69, 9.17) is 9.90 Å². The molecule has 0 heterocycles. The minimum absolute atomic E-state index is 0. The zero-order chi connectivity index (χ0) is 3.58. The molecule has 4 heteroatoms. The van der Waals surface area contributed by atoms with Gasteiger partial charge in [-0.1, -0.05) is 0 Å². The second-order valence-corrected chi connectivity index (χ2v) is 0.519. The third kappa shape index (κ3) is 41.4. The molecule has 0 atom stereocenters. The Hall–Kier alpha value is 1.79. The fraction of sp³-hybridized carbons (Fsp3) is 0.500. The van der Waals surface area contributed by atoms with Crippen molar-refractivity contribution in [3.63, 3.8) is 0 Å². The second kappa shape index (κ2) is 9.92. The fourth-order valence-corrected chi connectivity index (χ4v) is 0. The van der Waals surface area contributed by atoms with E-state index in [-0.39, 0.29) is 69.5 Å². The Labute approximate surface area is 90.7 Å². The monoisotopic (exact) mass is 242 g/mol. The SMILES string of the molecule is CC(=O)O.[Gd].[NaH]. The van der Waals surface area contributed by atoms with Gasteiger partial charge in [0.2, 0.25) is 0 Å². The van der Waals surface area contributed by atoms with Crippen LogP contribution in [0, 0.1) is 39.9 Å². The van der Waals surface area contributed by atoms with Crippen LogP contribution in [0.5, 0.6) is 0 Å². The van der Waals surface area contributed by atoms with Crippen LogP contribution in [0.15, 0.2) is 0 Å². The third-order valence-electron chi connectivity index (χ3n) is 0. The summed E-state index contributed by atoms with van der Waals surface area (Å²) in [6.07, 6.45) is 0. The van der Waals surface area contributed by atoms with Crippen LogP contribution in [0.2, 0.25) is 0 Å². The first-order valence-corrected chi connectivity index (χ1v) is 0.928. The van der Waals surface area contributed by atoms with Crippen LogP contribution in [-0.2, 0) is 4.79 Å². The van der Waals surface area contributed by atoms with Gasteiger partial charge in [-0.2, -0.15) is 0 Å². The summed E-state index contributed by atoms with van der Waals surface area (Å²) in [5.41, 5.74) is 0. The van der Waals surface area contributed by atoms with Gasteiger partial charge in [0, 0.05) is 46.9 Å². The molecule has 6 heavy (non-hydrogen) atoms. The van der Waals surface area contributed by atoms with Crippen LogP contribution in [0.25, 0.3) is 0 Å². The van der Waals surface area contributed by atoms with E-state index in [1.807, 2.05) is 0 Å². The number of hydrogen-bond acceptors (Lipinski definition) is 1. The molecule has 2 nitrogen and oxygen atoms in total. The van der Waals surface area contributed by atoms with Crippen LogP contribution in [-0.4, -0.2) is 40.6 Å². The van der Waals surface area contributed by atoms with Gasteiger partial charge in [-0.3, -0.25) is 4.79 Å². The third-order valence-corrected chi connectivity index (χ3v) is 0. The molecular formula is C2H5GdNaO2. The molecule has 0 rings (SSSR count). The van der Waals surface area contributed by atoms with Crippen molar-refractivity contribution in [1.82, 2.24) is 0 Å². The molecule has 1 N–H and O–H groups in total. The molecule has 0 saturated carbocycles. The molecule has 0 aliphatic heterocycles. The molecule has 0 unspecified atom stereocenters. The first kappa shape index (κ1) is 15.7. The molecule has 0 aromatic rings. The van der Waals surface area contributed by atoms with Crippen LogP contribution in [0.3, 0.4) is 0 Å². The van der Waals surface area contributed by atoms with Gasteiger partial charge in [0.25, 0.3) is 5.97 Å². The molecule has 0 spiro atoms. The van der Waals surface area contributed by atoms with Gasteiger partial charge in [0.1, 0.15) is 0 Å². The van der Waals surface area contributed by atoms with Gasteiger partial charge < -0.3 is 5.11 Å². The van der Waals surface area contributed by atoms with E-state index in [2.05, 4.69) is 0 Å². The van der Waals surface area contributed by atoms with E-state index in [1.165, 1.54) is 0 Å². The topological polar surface area (TPSA) is 37.3 Å². The van der Waals surface area contributed by atoms with Crippen molar-refractivity contribution in [3.05, 3.63) is 0 Å². The number of carbonyl (C=O) groups is 1. The average molecular weight is 241 g/mol. The molecule has 0 aliphatic carbocycles. The standard InChI is InChI=1S/C2H4O2.Gd.Na.H/c1-2(3)4;;;/h1H3,(H,3,4);;;. The zero-order valence-corrected chi connectivity index (χ0v) is 4.98. The predicted octanol–water partition coefficient (Wildman–Crippen LogP) is -0.558. The van der Waals surface area contributed by atoms with Gasteiger partial charge in [-0.15, -0.1) is 0 Å². The van der Waals surface area contributed by atoms with E-state index in [9.17, 15) is 0 Å². The number of carboxylic acids is 1. The molecule has 0 fully saturated rings. The van der Waals surface area contributed by atoms with E-state index >= 15 is 0 Å². The van der Waals surface area contributed by atoms with Gasteiger partial charge in [-0.05, 0) is 0 Å². The van der Waals surface area contributed by atoms with Crippen molar-refractivity contribution >= 4 is 35.5 Å². The summed E-state index contributed by atoms with van der Waals surface area (Å²) < 4.78 is 0. The summed E-state index contributed by atoms with van der Waals surface area (Å²) >= 11 is 0. The minimum atomic E-state index is -0.833. The summed E-state index contributed by atoms with van der Waals surface area (Å²) in [6, 6.07) is 0. The Balaban J connectivity index is -0.0000000450. The summed E-state index contributed by atoms with van der Waals surface area (Å²) in [5.74, 6) is -0.833. The molecule has 0 amide bonds. The fourth-order valence-electron chi connectivity index (χ4n) is 0. The van der Waals surface area contributed by atoms with Crippen molar-refractivity contribution in [3.8, 4) is 0 Å². The first-order valence-electron chi connectivity index (χ1n) is 0.928. The van der Waals surface area contributed by atoms with E-state index in [0.717, 1.165) is 6.92 Å². The number of carboxylic acid groups (broad SMARTS) is 1. The molecule has 0 radical (unpaired) electrons. The summed E-state index contributed by atoms with van der Waals surface area (Å²) in [6.45, 7) is 1.08. The summed E-state index contributed by atoms with van der Waals surface area (Å²) in [4.78, 5) is 9.00. The van der Waals surface area contributed by atoms with Gasteiger partial charge in [0.15, 0.2) is 0 Å². The molecule has 0 saturated heterocycles. The molecule has 0 aliphatic rings. The Morgan fingerprint density at radius 2 is 1.67 bits per heavy atom. The Bertz CT molecular complexity index is 34.5. The Morgan fingerprint density at radius 3 is 1.67 bits per heavy atom. The van der Waals surface area contributed by atoms with E-state index in [0.29, 0.717) is 0 Å². The summed E-state index contributed by atoms with van der Waals surface area (Å²) in [5, 5.41) is 7.42. The molecular weight excluding hydrogens is 236 g/mol. The average Bonchev–Trinajstić information content (AvgIpc) is 0.811. The summed E-state index contributed by atoms with van der Waals surface area (Å²) in [7, 11) is 0. The van der Waals surface area contributed by atoms with E-state index < -0.39 is 5.97 Å². The normalized spacial score (nSPS) is 4.17. The zero-order valence-electron chi connectivity index (χ0n) is 2.71. The predicted molar refractivity (Wildman–Crippen MR) is 20.5 cm³/mol. The van der Waals surface area contributed by atoms with Crippen molar-refractivity contribution in [2.24, 2.45) is 0 Å². The number of rotatable bonds is 0. The van der Waals surface area contributed by atoms with Crippen LogP contribution < -0.4 is 0 Å². The van der Waals surface area contributed by atoms with E-state index in [1.54, 1.807) is 0 Å². The molecule has 0 bridgehead atoms. The molecule has 0 aromatic carbocycles. The maximum atomic E-state index is 9.00. The van der Waals surface area contributed by atoms with Crippen molar-refractivity contribution in [1.29, 1.82) is 0 Å². The van der Waals surface area contributed by atoms with Crippen molar-refractivity contribution in [2.45, 2.75) is 6.92 Å². The first-order chi connectivity index (χ1) is 1.73. The van der Waals surface area contributed by atoms with Crippen LogP contribution in [0.1, 0.15) is 6.92 Å². The van der Waals surface area contributed by atoms with Crippen LogP contribution >= 0.6 is 0 Å². The second-order valence-electron chi connectivity index (χ2n) is 0.519. The number of hydrogen-bond donors (Lipinski definition) is 1. The molecule has 0 aromatic heterocycles. The molecule has 34 valence electrons. The van der Waals surface area contributed by atoms with Crippen LogP contribution in [0.4, 0.5) is 0 Å². The Morgan fingerprint density at radius 1 is 1.67 bits per heavy atom.